The van der Waals surface area contributed by atoms with Crippen molar-refractivity contribution in [3.05, 3.63) is 0 Å². The van der Waals surface area contributed by atoms with Crippen molar-refractivity contribution in [2.24, 2.45) is 5.92 Å². The molecule has 3 heterocycles. The zero-order valence-corrected chi connectivity index (χ0v) is 13.0. The Bertz CT molecular complexity index is 503. The minimum absolute atomic E-state index is 0.116. The van der Waals surface area contributed by atoms with Crippen LogP contribution < -0.4 is 0 Å². The summed E-state index contributed by atoms with van der Waals surface area (Å²) >= 11 is 0. The molecule has 0 bridgehead atoms. The maximum Gasteiger partial charge on any atom is 0.275 e. The highest BCUT2D eigenvalue weighted by Crippen LogP contribution is 2.34. The van der Waals surface area contributed by atoms with E-state index in [-0.39, 0.29) is 17.9 Å². The van der Waals surface area contributed by atoms with E-state index in [1.165, 1.54) is 15.6 Å². The molecule has 0 aliphatic carbocycles. The summed E-state index contributed by atoms with van der Waals surface area (Å²) in [4.78, 5) is 17.7. The van der Waals surface area contributed by atoms with Crippen molar-refractivity contribution in [3.63, 3.8) is 0 Å². The van der Waals surface area contributed by atoms with Gasteiger partial charge in [-0.05, 0) is 31.6 Å². The number of hydroxylamine groups is 2. The molecule has 3 saturated heterocycles. The maximum absolute atomic E-state index is 12.4. The second-order valence-corrected chi connectivity index (χ2v) is 8.03. The predicted octanol–water partition coefficient (Wildman–Crippen LogP) is -0.0206. The molecule has 3 rings (SSSR count). The van der Waals surface area contributed by atoms with Gasteiger partial charge in [0.2, 0.25) is 10.0 Å². The van der Waals surface area contributed by atoms with E-state index >= 15 is 0 Å². The number of hydrogen-bond acceptors (Lipinski definition) is 5. The van der Waals surface area contributed by atoms with Gasteiger partial charge in [0.25, 0.3) is 5.91 Å². The second kappa shape index (κ2) is 5.83. The van der Waals surface area contributed by atoms with Gasteiger partial charge in [0.05, 0.1) is 19.0 Å². The van der Waals surface area contributed by atoms with Crippen molar-refractivity contribution in [1.29, 1.82) is 0 Å². The van der Waals surface area contributed by atoms with E-state index in [0.717, 1.165) is 19.3 Å². The SMILES string of the molecule is CS(=O)(=O)N1CC[C@H]2C[C@H](C(=O)N3CCCCO3)O[C@@H]2C1. The molecule has 0 unspecified atom stereocenters. The van der Waals surface area contributed by atoms with Crippen LogP contribution in [0.2, 0.25) is 0 Å². The van der Waals surface area contributed by atoms with E-state index in [2.05, 4.69) is 0 Å². The Labute approximate surface area is 125 Å². The molecule has 0 radical (unpaired) electrons. The molecular weight excluding hydrogens is 296 g/mol. The monoisotopic (exact) mass is 318 g/mol. The summed E-state index contributed by atoms with van der Waals surface area (Å²) in [6.45, 7) is 2.06. The molecule has 0 aromatic heterocycles. The molecule has 120 valence electrons. The van der Waals surface area contributed by atoms with Crippen molar-refractivity contribution >= 4 is 15.9 Å². The van der Waals surface area contributed by atoms with E-state index in [0.29, 0.717) is 32.7 Å². The molecule has 3 aliphatic rings. The fraction of sp³-hybridized carbons (Fsp3) is 0.923. The van der Waals surface area contributed by atoms with Crippen molar-refractivity contribution in [3.8, 4) is 0 Å². The zero-order valence-electron chi connectivity index (χ0n) is 12.2. The minimum Gasteiger partial charge on any atom is -0.363 e. The molecule has 1 amide bonds. The van der Waals surface area contributed by atoms with Gasteiger partial charge in [-0.3, -0.25) is 9.63 Å². The number of amides is 1. The molecular formula is C13H22N2O5S. The van der Waals surface area contributed by atoms with Crippen LogP contribution in [-0.4, -0.2) is 68.4 Å². The number of rotatable bonds is 2. The van der Waals surface area contributed by atoms with Crippen LogP contribution in [0.15, 0.2) is 0 Å². The highest BCUT2D eigenvalue weighted by molar-refractivity contribution is 7.88. The number of piperidine rings is 1. The Kier molecular flexibility index (Phi) is 4.22. The van der Waals surface area contributed by atoms with Crippen LogP contribution >= 0.6 is 0 Å². The van der Waals surface area contributed by atoms with E-state index < -0.39 is 16.1 Å². The fourth-order valence-corrected chi connectivity index (χ4v) is 4.15. The molecule has 3 atom stereocenters. The normalized spacial score (nSPS) is 34.7. The van der Waals surface area contributed by atoms with E-state index in [1.807, 2.05) is 0 Å². The predicted molar refractivity (Wildman–Crippen MR) is 74.7 cm³/mol. The Morgan fingerprint density at radius 1 is 1.24 bits per heavy atom. The van der Waals surface area contributed by atoms with Crippen LogP contribution in [0.1, 0.15) is 25.7 Å². The molecule has 7 nitrogen and oxygen atoms in total. The van der Waals surface area contributed by atoms with Crippen LogP contribution in [0.25, 0.3) is 0 Å². The highest BCUT2D eigenvalue weighted by atomic mass is 32.2. The molecule has 8 heteroatoms. The Hall–Kier alpha value is -0.700. The quantitative estimate of drug-likeness (QED) is 0.715. The molecule has 0 saturated carbocycles. The van der Waals surface area contributed by atoms with Crippen LogP contribution in [0.5, 0.6) is 0 Å². The van der Waals surface area contributed by atoms with Crippen molar-refractivity contribution < 1.29 is 22.8 Å². The number of ether oxygens (including phenoxy) is 1. The van der Waals surface area contributed by atoms with Gasteiger partial charge in [-0.15, -0.1) is 0 Å². The number of fused-ring (bicyclic) bond motifs is 1. The molecule has 0 spiro atoms. The third-order valence-corrected chi connectivity index (χ3v) is 5.78. The lowest BCUT2D eigenvalue weighted by Crippen LogP contribution is -2.45. The Balaban J connectivity index is 1.61. The summed E-state index contributed by atoms with van der Waals surface area (Å²) in [7, 11) is -3.19. The van der Waals surface area contributed by atoms with E-state index in [9.17, 15) is 13.2 Å². The summed E-state index contributed by atoms with van der Waals surface area (Å²) in [6, 6.07) is 0. The van der Waals surface area contributed by atoms with Crippen molar-refractivity contribution in [2.75, 3.05) is 32.5 Å². The second-order valence-electron chi connectivity index (χ2n) is 6.05. The first-order valence-electron chi connectivity index (χ1n) is 7.50. The molecule has 0 N–H and O–H groups in total. The van der Waals surface area contributed by atoms with E-state index in [4.69, 9.17) is 9.57 Å². The standard InChI is InChI=1S/C13H22N2O5S/c1-21(17,18)14-6-4-10-8-11(20-12(10)9-14)13(16)15-5-2-3-7-19-15/h10-12H,2-9H2,1H3/t10-,11+,12+/m0/s1. The summed E-state index contributed by atoms with van der Waals surface area (Å²) in [5, 5.41) is 1.42. The van der Waals surface area contributed by atoms with Gasteiger partial charge < -0.3 is 4.74 Å². The Morgan fingerprint density at radius 3 is 2.71 bits per heavy atom. The number of carbonyl (C=O) groups excluding carboxylic acids is 1. The van der Waals surface area contributed by atoms with Gasteiger partial charge >= 0.3 is 0 Å². The van der Waals surface area contributed by atoms with Crippen LogP contribution in [0.3, 0.4) is 0 Å². The zero-order chi connectivity index (χ0) is 15.0. The summed E-state index contributed by atoms with van der Waals surface area (Å²) in [5.41, 5.74) is 0. The van der Waals surface area contributed by atoms with Gasteiger partial charge in [-0.25, -0.2) is 13.5 Å². The Morgan fingerprint density at radius 2 is 2.05 bits per heavy atom. The first-order valence-corrected chi connectivity index (χ1v) is 9.35. The van der Waals surface area contributed by atoms with Gasteiger partial charge in [-0.2, -0.15) is 4.31 Å². The van der Waals surface area contributed by atoms with Crippen LogP contribution in [-0.2, 0) is 24.4 Å². The average Bonchev–Trinajstić information content (AvgIpc) is 2.89. The lowest BCUT2D eigenvalue weighted by atomic mass is 9.93. The summed E-state index contributed by atoms with van der Waals surface area (Å²) < 4.78 is 30.5. The fourth-order valence-electron chi connectivity index (χ4n) is 3.29. The third-order valence-electron chi connectivity index (χ3n) is 4.51. The molecule has 0 aromatic carbocycles. The van der Waals surface area contributed by atoms with Gasteiger partial charge in [0, 0.05) is 19.6 Å². The molecule has 3 aliphatic heterocycles. The third kappa shape index (κ3) is 3.23. The van der Waals surface area contributed by atoms with Gasteiger partial charge in [0.15, 0.2) is 0 Å². The van der Waals surface area contributed by atoms with Gasteiger partial charge in [0.1, 0.15) is 6.10 Å². The summed E-state index contributed by atoms with van der Waals surface area (Å²) in [6.07, 6.45) is 3.90. The molecule has 3 fully saturated rings. The minimum atomic E-state index is -3.19. The molecule has 0 aromatic rings. The molecule has 21 heavy (non-hydrogen) atoms. The topological polar surface area (TPSA) is 76.2 Å². The maximum atomic E-state index is 12.4. The average molecular weight is 318 g/mol. The lowest BCUT2D eigenvalue weighted by Gasteiger charge is -2.32. The summed E-state index contributed by atoms with van der Waals surface area (Å²) in [5.74, 6) is 0.150. The highest BCUT2D eigenvalue weighted by Gasteiger charge is 2.44. The van der Waals surface area contributed by atoms with E-state index in [1.54, 1.807) is 0 Å². The number of sulfonamides is 1. The van der Waals surface area contributed by atoms with Crippen molar-refractivity contribution in [1.82, 2.24) is 9.37 Å². The number of nitrogens with zero attached hydrogens (tertiary/aromatic N) is 2. The first kappa shape index (κ1) is 15.2. The first-order chi connectivity index (χ1) is 9.95. The number of carbonyl (C=O) groups is 1. The van der Waals surface area contributed by atoms with Crippen LogP contribution in [0, 0.1) is 5.92 Å². The largest absolute Gasteiger partial charge is 0.363 e. The van der Waals surface area contributed by atoms with Gasteiger partial charge in [-0.1, -0.05) is 0 Å². The lowest BCUT2D eigenvalue weighted by molar-refractivity contribution is -0.206. The number of hydrogen-bond donors (Lipinski definition) is 0. The van der Waals surface area contributed by atoms with Crippen molar-refractivity contribution in [2.45, 2.75) is 37.9 Å². The van der Waals surface area contributed by atoms with Crippen LogP contribution in [0.4, 0.5) is 0 Å². The smallest absolute Gasteiger partial charge is 0.275 e.